The van der Waals surface area contributed by atoms with Crippen molar-refractivity contribution in [3.63, 3.8) is 0 Å². The molecule has 0 bridgehead atoms. The Bertz CT molecular complexity index is 671. The van der Waals surface area contributed by atoms with Crippen LogP contribution in [0.3, 0.4) is 0 Å². The average molecular weight is 269 g/mol. The Labute approximate surface area is 108 Å². The van der Waals surface area contributed by atoms with Crippen molar-refractivity contribution in [2.75, 3.05) is 13.2 Å². The lowest BCUT2D eigenvalue weighted by molar-refractivity contribution is -0.110. The third kappa shape index (κ3) is 1.64. The Morgan fingerprint density at radius 1 is 1.56 bits per heavy atom. The van der Waals surface area contributed by atoms with Crippen molar-refractivity contribution < 1.29 is 4.74 Å². The summed E-state index contributed by atoms with van der Waals surface area (Å²) in [7, 11) is 1.71. The van der Waals surface area contributed by atoms with E-state index in [1.54, 1.807) is 17.8 Å². The predicted molar refractivity (Wildman–Crippen MR) is 66.7 cm³/mol. The summed E-state index contributed by atoms with van der Waals surface area (Å²) in [4.78, 5) is 20.3. The molecule has 2 aromatic heterocycles. The molecule has 3 rings (SSSR count). The lowest BCUT2D eigenvalue weighted by Gasteiger charge is -2.37. The molecule has 7 heteroatoms. The Morgan fingerprint density at radius 2 is 2.28 bits per heavy atom. The van der Waals surface area contributed by atoms with Gasteiger partial charge in [-0.2, -0.15) is 4.98 Å². The van der Waals surface area contributed by atoms with Crippen LogP contribution in [0.15, 0.2) is 11.0 Å². The molecule has 0 radical (unpaired) electrons. The fourth-order valence-electron chi connectivity index (χ4n) is 2.22. The minimum atomic E-state index is -0.102. The van der Waals surface area contributed by atoms with Gasteiger partial charge in [0.25, 0.3) is 0 Å². The molecule has 0 unspecified atom stereocenters. The number of imidazole rings is 1. The zero-order chi connectivity index (χ0) is 12.9. The molecule has 3 heterocycles. The van der Waals surface area contributed by atoms with Gasteiger partial charge < -0.3 is 4.74 Å². The standard InChI is InChI=1S/C11H13ClN4O2/c1-11(5-18-6-11)4-16-8-7(15(2)10(16)17)3-13-9(12)14-8/h3H,4-6H2,1-2H3. The first-order chi connectivity index (χ1) is 8.50. The van der Waals surface area contributed by atoms with Crippen LogP contribution in [0.4, 0.5) is 0 Å². The number of nitrogens with zero attached hydrogens (tertiary/aromatic N) is 4. The van der Waals surface area contributed by atoms with Gasteiger partial charge in [0.15, 0.2) is 5.65 Å². The lowest BCUT2D eigenvalue weighted by Crippen LogP contribution is -2.45. The average Bonchev–Trinajstić information content (AvgIpc) is 2.52. The van der Waals surface area contributed by atoms with Crippen molar-refractivity contribution >= 4 is 22.8 Å². The van der Waals surface area contributed by atoms with E-state index in [4.69, 9.17) is 16.3 Å². The maximum absolute atomic E-state index is 12.2. The number of rotatable bonds is 2. The zero-order valence-corrected chi connectivity index (χ0v) is 10.9. The van der Waals surface area contributed by atoms with Crippen molar-refractivity contribution in [3.05, 3.63) is 22.0 Å². The summed E-state index contributed by atoms with van der Waals surface area (Å²) in [6.45, 7) is 3.99. The molecule has 0 amide bonds. The van der Waals surface area contributed by atoms with E-state index in [0.717, 1.165) is 0 Å². The summed E-state index contributed by atoms with van der Waals surface area (Å²) in [5.41, 5.74) is 1.16. The van der Waals surface area contributed by atoms with E-state index in [1.807, 2.05) is 0 Å². The molecular weight excluding hydrogens is 256 g/mol. The first kappa shape index (κ1) is 11.7. The second-order valence-electron chi connectivity index (χ2n) is 5.08. The highest BCUT2D eigenvalue weighted by atomic mass is 35.5. The van der Waals surface area contributed by atoms with Crippen molar-refractivity contribution in [1.82, 2.24) is 19.1 Å². The molecule has 2 aromatic rings. The molecule has 0 aliphatic carbocycles. The summed E-state index contributed by atoms with van der Waals surface area (Å²) in [5.74, 6) is 0. The Hall–Kier alpha value is -1.40. The highest BCUT2D eigenvalue weighted by molar-refractivity contribution is 6.28. The maximum Gasteiger partial charge on any atom is 0.330 e. The molecule has 1 saturated heterocycles. The second-order valence-corrected chi connectivity index (χ2v) is 5.42. The number of aryl methyl sites for hydroxylation is 1. The number of aromatic nitrogens is 4. The van der Waals surface area contributed by atoms with Crippen LogP contribution < -0.4 is 5.69 Å². The fourth-order valence-corrected chi connectivity index (χ4v) is 2.35. The molecular formula is C11H13ClN4O2. The number of ether oxygens (including phenoxy) is 1. The zero-order valence-electron chi connectivity index (χ0n) is 10.2. The number of hydrogen-bond acceptors (Lipinski definition) is 4. The minimum absolute atomic E-state index is 0.00443. The molecule has 1 fully saturated rings. The smallest absolute Gasteiger partial charge is 0.330 e. The Morgan fingerprint density at radius 3 is 2.89 bits per heavy atom. The highest BCUT2D eigenvalue weighted by Crippen LogP contribution is 2.29. The second kappa shape index (κ2) is 3.80. The Balaban J connectivity index is 2.18. The largest absolute Gasteiger partial charge is 0.380 e. The van der Waals surface area contributed by atoms with Crippen molar-refractivity contribution in [2.45, 2.75) is 13.5 Å². The van der Waals surface area contributed by atoms with Crippen molar-refractivity contribution in [2.24, 2.45) is 12.5 Å². The first-order valence-electron chi connectivity index (χ1n) is 5.66. The van der Waals surface area contributed by atoms with Crippen LogP contribution >= 0.6 is 11.6 Å². The van der Waals surface area contributed by atoms with Gasteiger partial charge >= 0.3 is 5.69 Å². The minimum Gasteiger partial charge on any atom is -0.380 e. The van der Waals surface area contributed by atoms with Crippen LogP contribution in [0, 0.1) is 5.41 Å². The number of halogens is 1. The van der Waals surface area contributed by atoms with Gasteiger partial charge in [-0.1, -0.05) is 6.92 Å². The summed E-state index contributed by atoms with van der Waals surface area (Å²) < 4.78 is 8.39. The van der Waals surface area contributed by atoms with Crippen LogP contribution in [-0.4, -0.2) is 32.3 Å². The molecule has 0 saturated carbocycles. The topological polar surface area (TPSA) is 61.9 Å². The SMILES string of the molecule is Cn1c(=O)n(CC2(C)COC2)c2nc(Cl)ncc21. The van der Waals surface area contributed by atoms with E-state index in [9.17, 15) is 4.79 Å². The Kier molecular flexibility index (Phi) is 2.46. The van der Waals surface area contributed by atoms with Gasteiger partial charge in [0.05, 0.1) is 19.4 Å². The van der Waals surface area contributed by atoms with Crippen molar-refractivity contribution in [3.8, 4) is 0 Å². The van der Waals surface area contributed by atoms with Crippen LogP contribution in [-0.2, 0) is 18.3 Å². The van der Waals surface area contributed by atoms with Gasteiger partial charge in [-0.3, -0.25) is 9.13 Å². The van der Waals surface area contributed by atoms with Crippen molar-refractivity contribution in [1.29, 1.82) is 0 Å². The van der Waals surface area contributed by atoms with Crippen LogP contribution in [0.1, 0.15) is 6.92 Å². The molecule has 1 aliphatic heterocycles. The third-order valence-electron chi connectivity index (χ3n) is 3.30. The summed E-state index contributed by atoms with van der Waals surface area (Å²) in [6, 6.07) is 0. The number of fused-ring (bicyclic) bond motifs is 1. The van der Waals surface area contributed by atoms with Gasteiger partial charge in [-0.05, 0) is 11.6 Å². The molecule has 96 valence electrons. The quantitative estimate of drug-likeness (QED) is 0.757. The normalized spacial score (nSPS) is 17.9. The van der Waals surface area contributed by atoms with Crippen LogP contribution in [0.5, 0.6) is 0 Å². The van der Waals surface area contributed by atoms with Crippen LogP contribution in [0.25, 0.3) is 11.2 Å². The molecule has 6 nitrogen and oxygen atoms in total. The van der Waals surface area contributed by atoms with E-state index >= 15 is 0 Å². The van der Waals surface area contributed by atoms with Gasteiger partial charge in [0.2, 0.25) is 5.28 Å². The van der Waals surface area contributed by atoms with E-state index in [2.05, 4.69) is 16.9 Å². The maximum atomic E-state index is 12.2. The molecule has 0 atom stereocenters. The monoisotopic (exact) mass is 268 g/mol. The fraction of sp³-hybridized carbons (Fsp3) is 0.545. The third-order valence-corrected chi connectivity index (χ3v) is 3.48. The lowest BCUT2D eigenvalue weighted by atomic mass is 9.89. The number of hydrogen-bond donors (Lipinski definition) is 0. The molecule has 1 aliphatic rings. The summed E-state index contributed by atoms with van der Waals surface area (Å²) >= 11 is 5.80. The summed E-state index contributed by atoms with van der Waals surface area (Å²) in [5, 5.41) is 0.150. The van der Waals surface area contributed by atoms with E-state index in [1.165, 1.54) is 4.57 Å². The van der Waals surface area contributed by atoms with E-state index < -0.39 is 0 Å². The molecule has 0 aromatic carbocycles. The first-order valence-corrected chi connectivity index (χ1v) is 6.03. The van der Waals surface area contributed by atoms with Gasteiger partial charge in [-0.25, -0.2) is 9.78 Å². The molecule has 0 N–H and O–H groups in total. The van der Waals surface area contributed by atoms with Crippen LogP contribution in [0.2, 0.25) is 5.28 Å². The van der Waals surface area contributed by atoms with E-state index in [0.29, 0.717) is 30.9 Å². The van der Waals surface area contributed by atoms with Gasteiger partial charge in [0.1, 0.15) is 5.52 Å². The predicted octanol–water partition coefficient (Wildman–Crippen LogP) is 0.820. The highest BCUT2D eigenvalue weighted by Gasteiger charge is 2.35. The van der Waals surface area contributed by atoms with Gasteiger partial charge in [0, 0.05) is 19.0 Å². The summed E-state index contributed by atoms with van der Waals surface area (Å²) in [6.07, 6.45) is 1.57. The molecule has 18 heavy (non-hydrogen) atoms. The van der Waals surface area contributed by atoms with E-state index in [-0.39, 0.29) is 16.4 Å². The van der Waals surface area contributed by atoms with Gasteiger partial charge in [-0.15, -0.1) is 0 Å². The molecule has 0 spiro atoms.